The summed E-state index contributed by atoms with van der Waals surface area (Å²) in [6.07, 6.45) is 0. The highest BCUT2D eigenvalue weighted by Gasteiger charge is 2.21. The molecule has 0 fully saturated rings. The van der Waals surface area contributed by atoms with E-state index in [1.165, 1.54) is 0 Å². The molecule has 2 aromatic rings. The first-order valence-electron chi connectivity index (χ1n) is 8.60. The van der Waals surface area contributed by atoms with Crippen molar-refractivity contribution in [3.05, 3.63) is 53.1 Å². The van der Waals surface area contributed by atoms with Crippen molar-refractivity contribution in [3.63, 3.8) is 0 Å². The Morgan fingerprint density at radius 1 is 1.15 bits per heavy atom. The van der Waals surface area contributed by atoms with Crippen LogP contribution in [0.1, 0.15) is 25.5 Å². The highest BCUT2D eigenvalue weighted by Crippen LogP contribution is 2.34. The van der Waals surface area contributed by atoms with Crippen molar-refractivity contribution in [2.45, 2.75) is 19.9 Å². The Bertz CT molecular complexity index is 778. The van der Waals surface area contributed by atoms with Crippen LogP contribution in [0.15, 0.2) is 42.5 Å². The van der Waals surface area contributed by atoms with Gasteiger partial charge in [-0.2, -0.15) is 0 Å². The van der Waals surface area contributed by atoms with Gasteiger partial charge in [0.25, 0.3) is 5.91 Å². The van der Waals surface area contributed by atoms with Crippen LogP contribution in [0.4, 0.5) is 0 Å². The molecule has 0 saturated carbocycles. The average molecular weight is 376 g/mol. The third kappa shape index (κ3) is 4.61. The summed E-state index contributed by atoms with van der Waals surface area (Å²) >= 11 is 5.92. The smallest absolute Gasteiger partial charge is 0.258 e. The lowest BCUT2D eigenvalue weighted by Gasteiger charge is -2.25. The van der Waals surface area contributed by atoms with Crippen molar-refractivity contribution in [1.82, 2.24) is 5.32 Å². The first kappa shape index (κ1) is 18.4. The molecule has 5 nitrogen and oxygen atoms in total. The monoisotopic (exact) mass is 375 g/mol. The molecule has 0 bridgehead atoms. The summed E-state index contributed by atoms with van der Waals surface area (Å²) in [4.78, 5) is 12.4. The molecule has 26 heavy (non-hydrogen) atoms. The number of halogens is 1. The van der Waals surface area contributed by atoms with E-state index in [0.29, 0.717) is 29.7 Å². The first-order valence-corrected chi connectivity index (χ1v) is 8.98. The molecule has 138 valence electrons. The zero-order chi connectivity index (χ0) is 18.5. The lowest BCUT2D eigenvalue weighted by atomic mass is 9.95. The number of rotatable bonds is 6. The minimum atomic E-state index is -0.196. The number of carbonyl (C=O) groups is 1. The number of ether oxygens (including phenoxy) is 3. The van der Waals surface area contributed by atoms with Gasteiger partial charge in [0.2, 0.25) is 0 Å². The van der Waals surface area contributed by atoms with Crippen LogP contribution in [-0.2, 0) is 4.79 Å². The van der Waals surface area contributed by atoms with Crippen LogP contribution in [0.5, 0.6) is 17.2 Å². The minimum absolute atomic E-state index is 0.0753. The Morgan fingerprint density at radius 3 is 2.65 bits per heavy atom. The molecule has 0 unspecified atom stereocenters. The molecular weight excluding hydrogens is 354 g/mol. The van der Waals surface area contributed by atoms with E-state index in [4.69, 9.17) is 25.8 Å². The maximum absolute atomic E-state index is 12.4. The molecule has 3 rings (SSSR count). The fourth-order valence-corrected chi connectivity index (χ4v) is 2.99. The molecule has 0 radical (unpaired) electrons. The molecule has 0 saturated heterocycles. The topological polar surface area (TPSA) is 56.8 Å². The van der Waals surface area contributed by atoms with E-state index in [1.54, 1.807) is 24.3 Å². The fraction of sp³-hybridized carbons (Fsp3) is 0.350. The Balaban J connectivity index is 1.65. The molecule has 0 aromatic heterocycles. The van der Waals surface area contributed by atoms with Crippen molar-refractivity contribution in [3.8, 4) is 17.2 Å². The van der Waals surface area contributed by atoms with Gasteiger partial charge >= 0.3 is 0 Å². The highest BCUT2D eigenvalue weighted by molar-refractivity contribution is 6.30. The summed E-state index contributed by atoms with van der Waals surface area (Å²) in [6, 6.07) is 12.6. The predicted molar refractivity (Wildman–Crippen MR) is 100 cm³/mol. The van der Waals surface area contributed by atoms with Crippen molar-refractivity contribution < 1.29 is 19.0 Å². The third-order valence-corrected chi connectivity index (χ3v) is 4.31. The second kappa shape index (κ2) is 8.32. The number of fused-ring (bicyclic) bond motifs is 1. The van der Waals surface area contributed by atoms with Crippen LogP contribution in [-0.4, -0.2) is 25.7 Å². The van der Waals surface area contributed by atoms with Gasteiger partial charge in [0.15, 0.2) is 18.1 Å². The van der Waals surface area contributed by atoms with Gasteiger partial charge in [-0.15, -0.1) is 0 Å². The number of benzene rings is 2. The lowest BCUT2D eigenvalue weighted by Crippen LogP contribution is -2.35. The number of carbonyl (C=O) groups excluding carboxylic acids is 1. The molecule has 1 aliphatic heterocycles. The second-order valence-electron chi connectivity index (χ2n) is 6.44. The van der Waals surface area contributed by atoms with Crippen molar-refractivity contribution in [1.29, 1.82) is 0 Å². The van der Waals surface area contributed by atoms with E-state index in [2.05, 4.69) is 19.2 Å². The molecule has 1 heterocycles. The Hall–Kier alpha value is -2.40. The second-order valence-corrected chi connectivity index (χ2v) is 6.87. The summed E-state index contributed by atoms with van der Waals surface area (Å²) in [5.74, 6) is 2.02. The van der Waals surface area contributed by atoms with Crippen molar-refractivity contribution in [2.75, 3.05) is 19.8 Å². The van der Waals surface area contributed by atoms with E-state index in [9.17, 15) is 4.79 Å². The highest BCUT2D eigenvalue weighted by atomic mass is 35.5. The number of hydrogen-bond acceptors (Lipinski definition) is 4. The first-order chi connectivity index (χ1) is 12.5. The van der Waals surface area contributed by atoms with Gasteiger partial charge in [0, 0.05) is 5.02 Å². The lowest BCUT2D eigenvalue weighted by molar-refractivity contribution is -0.124. The molecule has 0 spiro atoms. The van der Waals surface area contributed by atoms with Crippen LogP contribution in [0.25, 0.3) is 0 Å². The number of hydrogen-bond donors (Lipinski definition) is 1. The van der Waals surface area contributed by atoms with Crippen LogP contribution in [0.3, 0.4) is 0 Å². The van der Waals surface area contributed by atoms with Gasteiger partial charge in [-0.1, -0.05) is 37.6 Å². The zero-order valence-corrected chi connectivity index (χ0v) is 15.6. The van der Waals surface area contributed by atoms with Crippen LogP contribution >= 0.6 is 11.6 Å². The number of amides is 1. The van der Waals surface area contributed by atoms with E-state index in [0.717, 1.165) is 11.3 Å². The summed E-state index contributed by atoms with van der Waals surface area (Å²) in [5, 5.41) is 3.60. The maximum Gasteiger partial charge on any atom is 0.258 e. The molecule has 1 atom stereocenters. The van der Waals surface area contributed by atoms with Gasteiger partial charge in [0.1, 0.15) is 19.0 Å². The molecule has 1 aliphatic rings. The molecule has 6 heteroatoms. The summed E-state index contributed by atoms with van der Waals surface area (Å²) < 4.78 is 16.7. The minimum Gasteiger partial charge on any atom is -0.486 e. The zero-order valence-electron chi connectivity index (χ0n) is 14.8. The normalized spacial score (nSPS) is 14.0. The van der Waals surface area contributed by atoms with Gasteiger partial charge < -0.3 is 19.5 Å². The Kier molecular flexibility index (Phi) is 5.89. The Morgan fingerprint density at radius 2 is 1.92 bits per heavy atom. The SMILES string of the molecule is CC(C)[C@@H](NC(=O)COc1cccc(Cl)c1)c1ccc2c(c1)OCCO2. The quantitative estimate of drug-likeness (QED) is 0.829. The predicted octanol–water partition coefficient (Wildman–Crippen LogP) is 4.00. The maximum atomic E-state index is 12.4. The van der Waals surface area contributed by atoms with Gasteiger partial charge in [-0.3, -0.25) is 4.79 Å². The van der Waals surface area contributed by atoms with E-state index >= 15 is 0 Å². The fourth-order valence-electron chi connectivity index (χ4n) is 2.81. The summed E-state index contributed by atoms with van der Waals surface area (Å²) in [6.45, 7) is 5.12. The largest absolute Gasteiger partial charge is 0.486 e. The molecule has 2 aromatic carbocycles. The van der Waals surface area contributed by atoms with Crippen LogP contribution < -0.4 is 19.5 Å². The average Bonchev–Trinajstić information content (AvgIpc) is 2.64. The van der Waals surface area contributed by atoms with Crippen molar-refractivity contribution in [2.24, 2.45) is 5.92 Å². The molecule has 0 aliphatic carbocycles. The van der Waals surface area contributed by atoms with Gasteiger partial charge in [-0.05, 0) is 41.8 Å². The molecule has 1 amide bonds. The van der Waals surface area contributed by atoms with Gasteiger partial charge in [0.05, 0.1) is 6.04 Å². The summed E-state index contributed by atoms with van der Waals surface area (Å²) in [7, 11) is 0. The van der Waals surface area contributed by atoms with Crippen LogP contribution in [0.2, 0.25) is 5.02 Å². The van der Waals surface area contributed by atoms with Crippen molar-refractivity contribution >= 4 is 17.5 Å². The van der Waals surface area contributed by atoms with E-state index in [-0.39, 0.29) is 24.5 Å². The van der Waals surface area contributed by atoms with Gasteiger partial charge in [-0.25, -0.2) is 0 Å². The molecule has 1 N–H and O–H groups in total. The Labute approximate surface area is 158 Å². The summed E-state index contributed by atoms with van der Waals surface area (Å²) in [5.41, 5.74) is 0.973. The van der Waals surface area contributed by atoms with E-state index < -0.39 is 0 Å². The third-order valence-electron chi connectivity index (χ3n) is 4.07. The van der Waals surface area contributed by atoms with E-state index in [1.807, 2.05) is 18.2 Å². The molecular formula is C20H22ClNO4. The number of nitrogens with one attached hydrogen (secondary N) is 1. The standard InChI is InChI=1S/C20H22ClNO4/c1-13(2)20(14-6-7-17-18(10-14)25-9-8-24-17)22-19(23)12-26-16-5-3-4-15(21)11-16/h3-7,10-11,13,20H,8-9,12H2,1-2H3,(H,22,23)/t20-/m1/s1. The van der Waals surface area contributed by atoms with Crippen LogP contribution in [0, 0.1) is 5.92 Å².